The van der Waals surface area contributed by atoms with E-state index in [1.807, 2.05) is 0 Å². The van der Waals surface area contributed by atoms with Crippen molar-refractivity contribution < 1.29 is 25.2 Å². The summed E-state index contributed by atoms with van der Waals surface area (Å²) < 4.78 is 0. The monoisotopic (exact) mass is 1060 g/mol. The third-order valence-corrected chi connectivity index (χ3v) is 16.4. The van der Waals surface area contributed by atoms with Gasteiger partial charge in [0.25, 0.3) is 0 Å². The molecule has 0 saturated heterocycles. The van der Waals surface area contributed by atoms with E-state index < -0.39 is 36.9 Å². The Labute approximate surface area is 469 Å². The van der Waals surface area contributed by atoms with Crippen LogP contribution in [0.4, 0.5) is 0 Å². The number of carbonyl (C=O) groups excluding carboxylic acids is 1. The number of aliphatic hydroxyl groups excluding tert-OH is 4. The molecule has 0 bridgehead atoms. The van der Waals surface area contributed by atoms with E-state index in [0.29, 0.717) is 12.8 Å². The van der Waals surface area contributed by atoms with Crippen LogP contribution in [0.3, 0.4) is 0 Å². The molecule has 1 amide bonds. The van der Waals surface area contributed by atoms with Gasteiger partial charge in [0.2, 0.25) is 5.91 Å². The highest BCUT2D eigenvalue weighted by Gasteiger charge is 2.28. The first-order valence-corrected chi connectivity index (χ1v) is 34.2. The minimum atomic E-state index is -1.28. The Hall–Kier alpha value is -1.21. The number of allylic oxidation sites excluding steroid dienone is 4. The van der Waals surface area contributed by atoms with Gasteiger partial charge in [-0.3, -0.25) is 4.79 Å². The summed E-state index contributed by atoms with van der Waals surface area (Å²) in [6.07, 6.45) is 80.2. The third kappa shape index (κ3) is 57.3. The molecule has 0 aliphatic heterocycles. The Morgan fingerprint density at radius 2 is 0.547 bits per heavy atom. The zero-order chi connectivity index (χ0) is 54.4. The normalized spacial score (nSPS) is 13.6. The van der Waals surface area contributed by atoms with Crippen LogP contribution in [0.5, 0.6) is 0 Å². The predicted molar refractivity (Wildman–Crippen MR) is 330 cm³/mol. The largest absolute Gasteiger partial charge is 0.394 e. The molecule has 0 aromatic rings. The Balaban J connectivity index is 3.57. The highest BCUT2D eigenvalue weighted by Crippen LogP contribution is 2.19. The lowest BCUT2D eigenvalue weighted by Crippen LogP contribution is -2.53. The Morgan fingerprint density at radius 3 is 0.800 bits per heavy atom. The van der Waals surface area contributed by atoms with Gasteiger partial charge in [-0.15, -0.1) is 0 Å². The maximum atomic E-state index is 12.6. The van der Waals surface area contributed by atoms with Gasteiger partial charge in [0, 0.05) is 0 Å². The fourth-order valence-corrected chi connectivity index (χ4v) is 11.1. The van der Waals surface area contributed by atoms with Gasteiger partial charge in [0.05, 0.1) is 18.8 Å². The van der Waals surface area contributed by atoms with E-state index in [1.165, 1.54) is 315 Å². The molecular weight excluding hydrogens is 923 g/mol. The van der Waals surface area contributed by atoms with Gasteiger partial charge in [-0.25, -0.2) is 0 Å². The van der Waals surface area contributed by atoms with Crippen LogP contribution >= 0.6 is 0 Å². The van der Waals surface area contributed by atoms with Crippen molar-refractivity contribution in [1.82, 2.24) is 5.32 Å². The van der Waals surface area contributed by atoms with Crippen LogP contribution < -0.4 is 5.32 Å². The van der Waals surface area contributed by atoms with Crippen LogP contribution in [0.15, 0.2) is 24.3 Å². The molecule has 4 unspecified atom stereocenters. The van der Waals surface area contributed by atoms with Gasteiger partial charge < -0.3 is 25.7 Å². The first-order chi connectivity index (χ1) is 37.0. The van der Waals surface area contributed by atoms with Gasteiger partial charge in [0.15, 0.2) is 0 Å². The molecule has 0 fully saturated rings. The zero-order valence-electron chi connectivity index (χ0n) is 50.8. The molecule has 6 nitrogen and oxygen atoms in total. The molecule has 446 valence electrons. The van der Waals surface area contributed by atoms with E-state index in [-0.39, 0.29) is 0 Å². The molecule has 0 saturated carbocycles. The quantitative estimate of drug-likeness (QED) is 0.0308. The number of amides is 1. The summed E-state index contributed by atoms with van der Waals surface area (Å²) in [4.78, 5) is 12.6. The molecular formula is C69H135NO5. The van der Waals surface area contributed by atoms with Crippen LogP contribution in [0.2, 0.25) is 0 Å². The standard InChI is InChI=1S/C69H135NO5/c1-3-5-7-9-11-13-15-17-19-21-23-25-27-29-31-32-33-34-35-37-38-40-42-44-46-48-50-52-54-56-58-60-62-66(72)68(74)65(64-71)70-69(75)67(73)63-61-59-57-55-53-51-49-47-45-43-41-39-36-30-28-26-24-22-20-18-16-14-12-10-8-6-4-2/h30,36,54,56,65-68,71-74H,3-29,31-35,37-53,55,57-64H2,1-2H3,(H,70,75)/b36-30-,56-54+. The summed E-state index contributed by atoms with van der Waals surface area (Å²) in [5, 5.41) is 44.2. The van der Waals surface area contributed by atoms with Gasteiger partial charge in [-0.2, -0.15) is 0 Å². The van der Waals surface area contributed by atoms with Gasteiger partial charge in [-0.05, 0) is 64.2 Å². The Bertz CT molecular complexity index is 1140. The molecule has 6 heteroatoms. The number of rotatable bonds is 64. The molecule has 0 heterocycles. The molecule has 0 rings (SSSR count). The van der Waals surface area contributed by atoms with Crippen LogP contribution in [0.1, 0.15) is 380 Å². The second-order valence-electron chi connectivity index (χ2n) is 23.9. The number of carbonyl (C=O) groups is 1. The summed E-state index contributed by atoms with van der Waals surface area (Å²) in [6, 6.07) is -1.00. The minimum absolute atomic E-state index is 0.364. The molecule has 0 spiro atoms. The van der Waals surface area contributed by atoms with Crippen molar-refractivity contribution >= 4 is 5.91 Å². The summed E-state index contributed by atoms with van der Waals surface area (Å²) in [6.45, 7) is 4.10. The van der Waals surface area contributed by atoms with Crippen LogP contribution in [-0.4, -0.2) is 57.3 Å². The van der Waals surface area contributed by atoms with Crippen molar-refractivity contribution in [3.8, 4) is 0 Å². The van der Waals surface area contributed by atoms with Gasteiger partial charge >= 0.3 is 0 Å². The topological polar surface area (TPSA) is 110 Å². The summed E-state index contributed by atoms with van der Waals surface area (Å²) >= 11 is 0. The second kappa shape index (κ2) is 63.6. The zero-order valence-corrected chi connectivity index (χ0v) is 50.8. The van der Waals surface area contributed by atoms with Gasteiger partial charge in [0.1, 0.15) is 12.2 Å². The van der Waals surface area contributed by atoms with Crippen molar-refractivity contribution in [1.29, 1.82) is 0 Å². The minimum Gasteiger partial charge on any atom is -0.394 e. The Morgan fingerprint density at radius 1 is 0.320 bits per heavy atom. The van der Waals surface area contributed by atoms with E-state index >= 15 is 0 Å². The lowest BCUT2D eigenvalue weighted by Gasteiger charge is -2.27. The van der Waals surface area contributed by atoms with Crippen molar-refractivity contribution in [2.45, 2.75) is 404 Å². The first-order valence-electron chi connectivity index (χ1n) is 34.2. The molecule has 75 heavy (non-hydrogen) atoms. The average Bonchev–Trinajstić information content (AvgIpc) is 3.42. The molecule has 0 aromatic carbocycles. The van der Waals surface area contributed by atoms with E-state index in [0.717, 1.165) is 38.5 Å². The maximum absolute atomic E-state index is 12.6. The predicted octanol–water partition coefficient (Wildman–Crippen LogP) is 20.9. The molecule has 0 radical (unpaired) electrons. The lowest BCUT2D eigenvalue weighted by atomic mass is 10.00. The fourth-order valence-electron chi connectivity index (χ4n) is 11.1. The van der Waals surface area contributed by atoms with Crippen molar-refractivity contribution in [2.75, 3.05) is 6.61 Å². The van der Waals surface area contributed by atoms with Crippen LogP contribution in [0, 0.1) is 0 Å². The summed E-state index contributed by atoms with van der Waals surface area (Å²) in [7, 11) is 0. The van der Waals surface area contributed by atoms with E-state index in [2.05, 4.69) is 43.5 Å². The van der Waals surface area contributed by atoms with E-state index in [9.17, 15) is 25.2 Å². The number of hydrogen-bond donors (Lipinski definition) is 5. The lowest BCUT2D eigenvalue weighted by molar-refractivity contribution is -0.132. The smallest absolute Gasteiger partial charge is 0.249 e. The summed E-state index contributed by atoms with van der Waals surface area (Å²) in [5.74, 6) is -0.588. The third-order valence-electron chi connectivity index (χ3n) is 16.4. The first kappa shape index (κ1) is 73.8. The molecule has 0 aromatic heterocycles. The number of aliphatic hydroxyl groups is 4. The van der Waals surface area contributed by atoms with Crippen molar-refractivity contribution in [2.24, 2.45) is 0 Å². The molecule has 0 aliphatic rings. The molecule has 0 aliphatic carbocycles. The number of unbranched alkanes of at least 4 members (excludes halogenated alkanes) is 51. The molecule has 4 atom stereocenters. The highest BCUT2D eigenvalue weighted by atomic mass is 16.3. The van der Waals surface area contributed by atoms with Crippen molar-refractivity contribution in [3.05, 3.63) is 24.3 Å². The number of nitrogens with one attached hydrogen (secondary N) is 1. The molecule has 5 N–H and O–H groups in total. The average molecular weight is 1060 g/mol. The SMILES string of the molecule is CCCCCCCCCCCCCC/C=C\CCCCCCCCCCCCCC(O)C(=O)NC(CO)C(O)C(O)CCC/C=C/CCCCCCCCCCCCCCCCCCCCCCCCCCCCC. The van der Waals surface area contributed by atoms with E-state index in [4.69, 9.17) is 0 Å². The van der Waals surface area contributed by atoms with E-state index in [1.54, 1.807) is 0 Å². The highest BCUT2D eigenvalue weighted by molar-refractivity contribution is 5.80. The van der Waals surface area contributed by atoms with Crippen LogP contribution in [-0.2, 0) is 4.79 Å². The van der Waals surface area contributed by atoms with Gasteiger partial charge in [-0.1, -0.05) is 340 Å². The Kier molecular flexibility index (Phi) is 62.6. The maximum Gasteiger partial charge on any atom is 0.249 e. The van der Waals surface area contributed by atoms with Crippen molar-refractivity contribution in [3.63, 3.8) is 0 Å². The van der Waals surface area contributed by atoms with Crippen LogP contribution in [0.25, 0.3) is 0 Å². The second-order valence-corrected chi connectivity index (χ2v) is 23.9. The fraction of sp³-hybridized carbons (Fsp3) is 0.928. The summed E-state index contributed by atoms with van der Waals surface area (Å²) in [5.41, 5.74) is 0. The number of hydrogen-bond acceptors (Lipinski definition) is 5.